The number of nitrogens with two attached hydrogens (primary N) is 1. The molecule has 0 aliphatic rings. The summed E-state index contributed by atoms with van der Waals surface area (Å²) >= 11 is 0. The molecule has 0 fully saturated rings. The van der Waals surface area contributed by atoms with E-state index >= 15 is 0 Å². The van der Waals surface area contributed by atoms with Crippen LogP contribution in [-0.2, 0) is 18.8 Å². The molecule has 2 rings (SSSR count). The second kappa shape index (κ2) is 5.95. The minimum absolute atomic E-state index is 0.0564. The highest BCUT2D eigenvalue weighted by Crippen LogP contribution is 2.37. The molecule has 0 amide bonds. The first-order valence-corrected chi connectivity index (χ1v) is 6.39. The lowest BCUT2D eigenvalue weighted by atomic mass is 9.98. The Kier molecular flexibility index (Phi) is 4.47. The van der Waals surface area contributed by atoms with Crippen molar-refractivity contribution in [2.75, 3.05) is 5.73 Å². The van der Waals surface area contributed by atoms with Gasteiger partial charge in [-0.1, -0.05) is 0 Å². The van der Waals surface area contributed by atoms with Crippen molar-refractivity contribution >= 4 is 5.69 Å². The maximum Gasteiger partial charge on any atom is 0.416 e. The van der Waals surface area contributed by atoms with Crippen LogP contribution in [0.5, 0.6) is 0 Å². The van der Waals surface area contributed by atoms with Crippen molar-refractivity contribution < 1.29 is 35.1 Å². The van der Waals surface area contributed by atoms with Crippen LogP contribution in [0.4, 0.5) is 40.8 Å². The zero-order valence-corrected chi connectivity index (χ0v) is 11.7. The molecule has 9 heteroatoms. The second-order valence-electron chi connectivity index (χ2n) is 5.05. The maximum absolute atomic E-state index is 13.7. The number of halogens is 8. The van der Waals surface area contributed by atoms with E-state index in [2.05, 4.69) is 0 Å². The number of rotatable bonds is 2. The molecule has 1 nitrogen and oxygen atoms in total. The highest BCUT2D eigenvalue weighted by molar-refractivity contribution is 5.44. The second-order valence-corrected chi connectivity index (χ2v) is 5.05. The van der Waals surface area contributed by atoms with E-state index in [4.69, 9.17) is 5.73 Å². The molecule has 0 spiro atoms. The highest BCUT2D eigenvalue weighted by Gasteiger charge is 2.37. The Balaban J connectivity index is 2.55. The number of hydrogen-bond donors (Lipinski definition) is 1. The molecule has 0 aliphatic heterocycles. The topological polar surface area (TPSA) is 26.0 Å². The lowest BCUT2D eigenvalue weighted by Crippen LogP contribution is -2.12. The molecule has 24 heavy (non-hydrogen) atoms. The third kappa shape index (κ3) is 3.95. The summed E-state index contributed by atoms with van der Waals surface area (Å²) in [6.07, 6.45) is -10.9. The third-order valence-electron chi connectivity index (χ3n) is 3.19. The lowest BCUT2D eigenvalue weighted by molar-refractivity contribution is -0.143. The summed E-state index contributed by atoms with van der Waals surface area (Å²) in [7, 11) is 0. The van der Waals surface area contributed by atoms with Crippen molar-refractivity contribution in [3.63, 3.8) is 0 Å². The Morgan fingerprint density at radius 1 is 0.708 bits per heavy atom. The van der Waals surface area contributed by atoms with Crippen LogP contribution in [0.25, 0.3) is 0 Å². The van der Waals surface area contributed by atoms with E-state index in [9.17, 15) is 35.1 Å². The Morgan fingerprint density at radius 2 is 1.12 bits per heavy atom. The van der Waals surface area contributed by atoms with E-state index in [1.807, 2.05) is 0 Å². The molecule has 0 unspecified atom stereocenters. The van der Waals surface area contributed by atoms with Crippen LogP contribution in [0.15, 0.2) is 30.3 Å². The zero-order chi connectivity index (χ0) is 18.3. The first-order valence-electron chi connectivity index (χ1n) is 6.39. The number of alkyl halides is 6. The molecule has 2 aromatic rings. The standard InChI is InChI=1S/C15H9F8N/c16-12-5-10(24)6-13(17)11(12)3-7-1-8(14(18,19)20)4-9(2-7)15(21,22)23/h1-2,4-6H,3,24H2. The van der Waals surface area contributed by atoms with Gasteiger partial charge in [-0.3, -0.25) is 0 Å². The molecular weight excluding hydrogens is 346 g/mol. The van der Waals surface area contributed by atoms with E-state index in [0.717, 1.165) is 12.1 Å². The molecule has 0 saturated heterocycles. The summed E-state index contributed by atoms with van der Waals surface area (Å²) in [5, 5.41) is 0. The van der Waals surface area contributed by atoms with Crippen molar-refractivity contribution in [1.82, 2.24) is 0 Å². The van der Waals surface area contributed by atoms with Crippen LogP contribution < -0.4 is 5.73 Å². The molecule has 0 radical (unpaired) electrons. The molecule has 0 aromatic heterocycles. The number of hydrogen-bond acceptors (Lipinski definition) is 1. The molecule has 2 N–H and O–H groups in total. The average molecular weight is 355 g/mol. The summed E-state index contributed by atoms with van der Waals surface area (Å²) in [5.41, 5.74) is 0.649. The summed E-state index contributed by atoms with van der Waals surface area (Å²) in [4.78, 5) is 0. The fourth-order valence-corrected chi connectivity index (χ4v) is 2.12. The Bertz CT molecular complexity index is 706. The highest BCUT2D eigenvalue weighted by atomic mass is 19.4. The minimum atomic E-state index is -5.03. The first kappa shape index (κ1) is 18.0. The maximum atomic E-state index is 13.7. The van der Waals surface area contributed by atoms with E-state index < -0.39 is 52.7 Å². The van der Waals surface area contributed by atoms with Gasteiger partial charge in [-0.15, -0.1) is 0 Å². The summed E-state index contributed by atoms with van der Waals surface area (Å²) < 4.78 is 104. The SMILES string of the molecule is Nc1cc(F)c(Cc2cc(C(F)(F)F)cc(C(F)(F)F)c2)c(F)c1. The van der Waals surface area contributed by atoms with Crippen LogP contribution in [0.1, 0.15) is 22.3 Å². The Hall–Kier alpha value is -2.32. The lowest BCUT2D eigenvalue weighted by Gasteiger charge is -2.15. The first-order chi connectivity index (χ1) is 10.9. The molecule has 0 atom stereocenters. The molecule has 130 valence electrons. The van der Waals surface area contributed by atoms with Crippen LogP contribution in [0.3, 0.4) is 0 Å². The predicted octanol–water partition coefficient (Wildman–Crippen LogP) is 5.18. The van der Waals surface area contributed by atoms with Crippen molar-refractivity contribution in [3.8, 4) is 0 Å². The van der Waals surface area contributed by atoms with Gasteiger partial charge in [0.1, 0.15) is 11.6 Å². The normalized spacial score (nSPS) is 12.5. The fraction of sp³-hybridized carbons (Fsp3) is 0.200. The summed E-state index contributed by atoms with van der Waals surface area (Å²) in [5.74, 6) is -2.31. The van der Waals surface area contributed by atoms with Gasteiger partial charge >= 0.3 is 12.4 Å². The monoisotopic (exact) mass is 355 g/mol. The summed E-state index contributed by atoms with van der Waals surface area (Å²) in [6.45, 7) is 0. The van der Waals surface area contributed by atoms with Gasteiger partial charge in [0.2, 0.25) is 0 Å². The van der Waals surface area contributed by atoms with Crippen LogP contribution in [0, 0.1) is 11.6 Å². The van der Waals surface area contributed by atoms with E-state index in [0.29, 0.717) is 12.1 Å². The number of benzene rings is 2. The average Bonchev–Trinajstić information content (AvgIpc) is 2.40. The Morgan fingerprint density at radius 3 is 1.50 bits per heavy atom. The zero-order valence-electron chi connectivity index (χ0n) is 11.7. The largest absolute Gasteiger partial charge is 0.416 e. The van der Waals surface area contributed by atoms with Gasteiger partial charge in [-0.2, -0.15) is 26.3 Å². The third-order valence-corrected chi connectivity index (χ3v) is 3.19. The molecule has 0 bridgehead atoms. The number of anilines is 1. The Labute approximate surface area is 130 Å². The van der Waals surface area contributed by atoms with Gasteiger partial charge in [0.05, 0.1) is 11.1 Å². The molecule has 2 aromatic carbocycles. The van der Waals surface area contributed by atoms with E-state index in [1.54, 1.807) is 0 Å². The summed E-state index contributed by atoms with van der Waals surface area (Å²) in [6, 6.07) is 2.25. The molecule has 0 heterocycles. The smallest absolute Gasteiger partial charge is 0.399 e. The quantitative estimate of drug-likeness (QED) is 0.583. The van der Waals surface area contributed by atoms with Crippen molar-refractivity contribution in [2.45, 2.75) is 18.8 Å². The van der Waals surface area contributed by atoms with Gasteiger partial charge in [0.25, 0.3) is 0 Å². The molecular formula is C15H9F8N. The van der Waals surface area contributed by atoms with Gasteiger partial charge in [-0.25, -0.2) is 8.78 Å². The van der Waals surface area contributed by atoms with Gasteiger partial charge in [-0.05, 0) is 35.9 Å². The fourth-order valence-electron chi connectivity index (χ4n) is 2.12. The van der Waals surface area contributed by atoms with Crippen molar-refractivity contribution in [1.29, 1.82) is 0 Å². The van der Waals surface area contributed by atoms with E-state index in [-0.39, 0.29) is 11.8 Å². The number of nitrogen functional groups attached to an aromatic ring is 1. The van der Waals surface area contributed by atoms with Crippen LogP contribution in [-0.4, -0.2) is 0 Å². The van der Waals surface area contributed by atoms with Crippen LogP contribution in [0.2, 0.25) is 0 Å². The molecule has 0 saturated carbocycles. The van der Waals surface area contributed by atoms with Crippen LogP contribution >= 0.6 is 0 Å². The van der Waals surface area contributed by atoms with Crippen molar-refractivity contribution in [2.24, 2.45) is 0 Å². The van der Waals surface area contributed by atoms with Gasteiger partial charge in [0.15, 0.2) is 0 Å². The minimum Gasteiger partial charge on any atom is -0.399 e. The molecule has 0 aliphatic carbocycles. The van der Waals surface area contributed by atoms with Crippen molar-refractivity contribution in [3.05, 3.63) is 64.2 Å². The van der Waals surface area contributed by atoms with E-state index in [1.165, 1.54) is 0 Å². The van der Waals surface area contributed by atoms with Gasteiger partial charge in [0, 0.05) is 17.7 Å². The predicted molar refractivity (Wildman–Crippen MR) is 70.0 cm³/mol. The van der Waals surface area contributed by atoms with Gasteiger partial charge < -0.3 is 5.73 Å².